The topological polar surface area (TPSA) is 12.0 Å². The summed E-state index contributed by atoms with van der Waals surface area (Å²) in [5.41, 5.74) is 13.9. The molecule has 0 radical (unpaired) electrons. The van der Waals surface area contributed by atoms with Crippen LogP contribution in [0.3, 0.4) is 0 Å². The number of fused-ring (bicyclic) bond motifs is 3. The lowest BCUT2D eigenvalue weighted by atomic mass is 9.82. The normalized spacial score (nSPS) is 17.7. The van der Waals surface area contributed by atoms with E-state index in [1.165, 1.54) is 50.1 Å². The van der Waals surface area contributed by atoms with Crippen molar-refractivity contribution in [1.82, 2.24) is 5.32 Å². The lowest BCUT2D eigenvalue weighted by molar-refractivity contribution is 0.660. The van der Waals surface area contributed by atoms with Crippen LogP contribution in [0.25, 0.3) is 22.4 Å². The monoisotopic (exact) mass is 539 g/mol. The SMILES string of the molecule is C=C/C(=C\C(=C/C)c1ccc2c(c1)-c1ccccc1C2(C)C)C1C=C(/C(C)=C/CC)C=C(c2ccccc2)N1.CC. The van der Waals surface area contributed by atoms with E-state index in [-0.39, 0.29) is 11.5 Å². The van der Waals surface area contributed by atoms with E-state index < -0.39 is 0 Å². The molecule has 2 aliphatic rings. The summed E-state index contributed by atoms with van der Waals surface area (Å²) in [4.78, 5) is 0. The Morgan fingerprint density at radius 3 is 2.29 bits per heavy atom. The minimum atomic E-state index is 0.0138. The predicted molar refractivity (Wildman–Crippen MR) is 181 cm³/mol. The Hall–Kier alpha value is -4.10. The van der Waals surface area contributed by atoms with Crippen molar-refractivity contribution in [2.24, 2.45) is 0 Å². The third-order valence-electron chi connectivity index (χ3n) is 8.15. The second kappa shape index (κ2) is 13.0. The predicted octanol–water partition coefficient (Wildman–Crippen LogP) is 10.8. The number of allylic oxidation sites excluding steroid dienone is 7. The number of hydrogen-bond acceptors (Lipinski definition) is 1. The molecule has 5 rings (SSSR count). The summed E-state index contributed by atoms with van der Waals surface area (Å²) in [6, 6.07) is 26.4. The molecular weight excluding hydrogens is 494 g/mol. The minimum Gasteiger partial charge on any atom is -0.374 e. The average Bonchev–Trinajstić information content (AvgIpc) is 3.25. The molecular formula is C40H45N. The molecule has 3 aromatic carbocycles. The lowest BCUT2D eigenvalue weighted by Gasteiger charge is -2.27. The molecule has 0 fully saturated rings. The molecule has 0 amide bonds. The summed E-state index contributed by atoms with van der Waals surface area (Å²) in [6.45, 7) is 19.4. The van der Waals surface area contributed by atoms with Crippen molar-refractivity contribution in [2.45, 2.75) is 66.3 Å². The van der Waals surface area contributed by atoms with E-state index in [1.54, 1.807) is 0 Å². The van der Waals surface area contributed by atoms with Crippen molar-refractivity contribution < 1.29 is 0 Å². The third kappa shape index (κ3) is 6.00. The van der Waals surface area contributed by atoms with Crippen molar-refractivity contribution in [2.75, 3.05) is 0 Å². The Bertz CT molecular complexity index is 1550. The fourth-order valence-electron chi connectivity index (χ4n) is 5.96. The molecule has 0 aromatic heterocycles. The molecule has 0 spiro atoms. The number of dihydropyridines is 1. The van der Waals surface area contributed by atoms with Crippen LogP contribution < -0.4 is 5.32 Å². The molecule has 3 aromatic rings. The first-order valence-corrected chi connectivity index (χ1v) is 15.0. The first-order chi connectivity index (χ1) is 19.9. The Kier molecular flexibility index (Phi) is 9.50. The van der Waals surface area contributed by atoms with Gasteiger partial charge in [0.25, 0.3) is 0 Å². The van der Waals surface area contributed by atoms with Gasteiger partial charge in [0.1, 0.15) is 0 Å². The van der Waals surface area contributed by atoms with Crippen LogP contribution in [0.1, 0.15) is 77.1 Å². The van der Waals surface area contributed by atoms with Gasteiger partial charge >= 0.3 is 0 Å². The highest BCUT2D eigenvalue weighted by Gasteiger charge is 2.35. The summed E-state index contributed by atoms with van der Waals surface area (Å²) in [6.07, 6.45) is 14.4. The molecule has 1 N–H and O–H groups in total. The zero-order chi connectivity index (χ0) is 29.6. The second-order valence-corrected chi connectivity index (χ2v) is 11.0. The van der Waals surface area contributed by atoms with Gasteiger partial charge in [0, 0.05) is 11.1 Å². The van der Waals surface area contributed by atoms with Gasteiger partial charge in [-0.2, -0.15) is 0 Å². The highest BCUT2D eigenvalue weighted by Crippen LogP contribution is 2.49. The van der Waals surface area contributed by atoms with E-state index in [9.17, 15) is 0 Å². The Morgan fingerprint density at radius 1 is 0.927 bits per heavy atom. The summed E-state index contributed by atoms with van der Waals surface area (Å²) >= 11 is 0. The maximum absolute atomic E-state index is 4.23. The molecule has 1 heteroatoms. The maximum Gasteiger partial charge on any atom is 0.0707 e. The molecule has 210 valence electrons. The molecule has 41 heavy (non-hydrogen) atoms. The summed E-state index contributed by atoms with van der Waals surface area (Å²) in [7, 11) is 0. The summed E-state index contributed by atoms with van der Waals surface area (Å²) < 4.78 is 0. The summed E-state index contributed by atoms with van der Waals surface area (Å²) in [5, 5.41) is 3.78. The number of rotatable bonds is 7. The van der Waals surface area contributed by atoms with Crippen LogP contribution >= 0.6 is 0 Å². The quantitative estimate of drug-likeness (QED) is 0.294. The fraction of sp³-hybridized carbons (Fsp3) is 0.250. The van der Waals surface area contributed by atoms with E-state index >= 15 is 0 Å². The first kappa shape index (κ1) is 29.9. The molecule has 1 unspecified atom stereocenters. The van der Waals surface area contributed by atoms with Crippen LogP contribution in [0.2, 0.25) is 0 Å². The molecule has 1 atom stereocenters. The Balaban J connectivity index is 0.00000189. The smallest absolute Gasteiger partial charge is 0.0707 e. The maximum atomic E-state index is 4.23. The zero-order valence-electron chi connectivity index (χ0n) is 25.9. The van der Waals surface area contributed by atoms with Gasteiger partial charge in [-0.15, -0.1) is 0 Å². The Labute approximate surface area is 248 Å². The van der Waals surface area contributed by atoms with Gasteiger partial charge in [-0.25, -0.2) is 0 Å². The number of nitrogens with one attached hydrogen (secondary N) is 1. The van der Waals surface area contributed by atoms with Crippen molar-refractivity contribution in [3.05, 3.63) is 155 Å². The van der Waals surface area contributed by atoms with Crippen LogP contribution in [0.4, 0.5) is 0 Å². The van der Waals surface area contributed by atoms with Gasteiger partial charge in [-0.05, 0) is 94.2 Å². The van der Waals surface area contributed by atoms with Crippen LogP contribution in [0, 0.1) is 0 Å². The molecule has 1 aliphatic carbocycles. The van der Waals surface area contributed by atoms with Crippen LogP contribution in [0.5, 0.6) is 0 Å². The van der Waals surface area contributed by atoms with E-state index in [0.717, 1.165) is 17.7 Å². The van der Waals surface area contributed by atoms with E-state index in [1.807, 2.05) is 19.9 Å². The van der Waals surface area contributed by atoms with Gasteiger partial charge in [-0.3, -0.25) is 0 Å². The minimum absolute atomic E-state index is 0.0138. The van der Waals surface area contributed by atoms with E-state index in [0.29, 0.717) is 0 Å². The van der Waals surface area contributed by atoms with Crippen LogP contribution in [0.15, 0.2) is 133 Å². The van der Waals surface area contributed by atoms with Gasteiger partial charge in [-0.1, -0.05) is 132 Å². The molecule has 0 saturated carbocycles. The molecule has 1 aliphatic heterocycles. The van der Waals surface area contributed by atoms with Gasteiger partial charge in [0.15, 0.2) is 0 Å². The van der Waals surface area contributed by atoms with Crippen LogP contribution in [-0.4, -0.2) is 6.04 Å². The molecule has 1 nitrogen and oxygen atoms in total. The molecule has 0 bridgehead atoms. The largest absolute Gasteiger partial charge is 0.374 e. The van der Waals surface area contributed by atoms with E-state index in [2.05, 4.69) is 150 Å². The van der Waals surface area contributed by atoms with Gasteiger partial charge in [0.2, 0.25) is 0 Å². The number of hydrogen-bond donors (Lipinski definition) is 1. The number of benzene rings is 3. The first-order valence-electron chi connectivity index (χ1n) is 15.0. The Morgan fingerprint density at radius 2 is 1.61 bits per heavy atom. The fourth-order valence-corrected chi connectivity index (χ4v) is 5.96. The van der Waals surface area contributed by atoms with Gasteiger partial charge < -0.3 is 5.32 Å². The zero-order valence-corrected chi connectivity index (χ0v) is 25.9. The molecule has 1 heterocycles. The van der Waals surface area contributed by atoms with Crippen molar-refractivity contribution in [3.63, 3.8) is 0 Å². The van der Waals surface area contributed by atoms with Crippen molar-refractivity contribution >= 4 is 11.3 Å². The lowest BCUT2D eigenvalue weighted by Crippen LogP contribution is -2.30. The van der Waals surface area contributed by atoms with Crippen LogP contribution in [-0.2, 0) is 5.41 Å². The third-order valence-corrected chi connectivity index (χ3v) is 8.15. The van der Waals surface area contributed by atoms with Crippen molar-refractivity contribution in [3.8, 4) is 11.1 Å². The summed E-state index contributed by atoms with van der Waals surface area (Å²) in [5.74, 6) is 0. The van der Waals surface area contributed by atoms with E-state index in [4.69, 9.17) is 0 Å². The molecule has 0 saturated heterocycles. The average molecular weight is 540 g/mol. The second-order valence-electron chi connectivity index (χ2n) is 11.0. The van der Waals surface area contributed by atoms with Crippen molar-refractivity contribution in [1.29, 1.82) is 0 Å². The van der Waals surface area contributed by atoms with Gasteiger partial charge in [0.05, 0.1) is 6.04 Å². The highest BCUT2D eigenvalue weighted by molar-refractivity contribution is 5.85. The highest BCUT2D eigenvalue weighted by atomic mass is 14.9. The standard InChI is InChI=1S/C38H39N.C2H6/c1-7-15-26(4)31-24-36(39-37(25-31)29-16-11-10-12-17-29)28(9-3)22-27(8-2)30-20-21-35-33(23-30)32-18-13-14-19-34(32)38(35,5)6;1-2/h8-25,36,39H,3,7H2,1-2,4-6H3;1-2H3/b26-15+,27-8+,28-22+;.